The molecule has 0 aliphatic carbocycles. The number of ether oxygens (including phenoxy) is 1. The second-order valence-electron chi connectivity index (χ2n) is 4.41. The van der Waals surface area contributed by atoms with Gasteiger partial charge in [-0.05, 0) is 46.6 Å². The van der Waals surface area contributed by atoms with E-state index in [4.69, 9.17) is 9.84 Å². The van der Waals surface area contributed by atoms with Gasteiger partial charge < -0.3 is 14.9 Å². The Morgan fingerprint density at radius 1 is 1.25 bits per heavy atom. The lowest BCUT2D eigenvalue weighted by atomic mass is 10.1. The first kappa shape index (κ1) is 15.4. The van der Waals surface area contributed by atoms with Gasteiger partial charge in [0, 0.05) is 0 Å². The summed E-state index contributed by atoms with van der Waals surface area (Å²) in [4.78, 5) is 0. The highest BCUT2D eigenvalue weighted by Crippen LogP contribution is 2.08. The third-order valence-electron chi connectivity index (χ3n) is 2.03. The van der Waals surface area contributed by atoms with Gasteiger partial charge in [0.25, 0.3) is 0 Å². The number of aliphatic hydroxyl groups is 2. The monoisotopic (exact) mass is 228 g/mol. The third-order valence-corrected chi connectivity index (χ3v) is 2.03. The largest absolute Gasteiger partial charge is 0.391 e. The molecule has 2 N–H and O–H groups in total. The molecule has 0 aliphatic heterocycles. The van der Waals surface area contributed by atoms with E-state index in [0.717, 1.165) is 18.4 Å². The van der Waals surface area contributed by atoms with E-state index in [9.17, 15) is 5.11 Å². The van der Waals surface area contributed by atoms with E-state index in [1.54, 1.807) is 13.0 Å². The molecule has 0 saturated carbocycles. The molecule has 0 fully saturated rings. The minimum absolute atomic E-state index is 0.152. The molecule has 0 saturated heterocycles. The summed E-state index contributed by atoms with van der Waals surface area (Å²) >= 11 is 0. The zero-order chi connectivity index (χ0) is 12.6. The Balaban J connectivity index is 3.87. The van der Waals surface area contributed by atoms with E-state index in [1.165, 1.54) is 5.57 Å². The van der Waals surface area contributed by atoms with Crippen molar-refractivity contribution < 1.29 is 14.9 Å². The van der Waals surface area contributed by atoms with Crippen molar-refractivity contribution in [3.05, 3.63) is 23.3 Å². The van der Waals surface area contributed by atoms with Crippen molar-refractivity contribution in [3.63, 3.8) is 0 Å². The molecule has 0 aromatic heterocycles. The lowest BCUT2D eigenvalue weighted by molar-refractivity contribution is -0.0888. The van der Waals surface area contributed by atoms with Crippen LogP contribution in [0.25, 0.3) is 0 Å². The van der Waals surface area contributed by atoms with Gasteiger partial charge in [0.15, 0.2) is 6.29 Å². The molecule has 0 aromatic rings. The molecule has 0 spiro atoms. The van der Waals surface area contributed by atoms with E-state index in [1.807, 2.05) is 6.92 Å². The molecule has 3 nitrogen and oxygen atoms in total. The highest BCUT2D eigenvalue weighted by Gasteiger charge is 2.03. The predicted octanol–water partition coefficient (Wildman–Crippen LogP) is 2.39. The minimum Gasteiger partial charge on any atom is -0.391 e. The fraction of sp³-hybridized carbons (Fsp3) is 0.692. The number of aliphatic hydroxyl groups excluding tert-OH is 2. The van der Waals surface area contributed by atoms with E-state index >= 15 is 0 Å². The van der Waals surface area contributed by atoms with Crippen LogP contribution in [0.3, 0.4) is 0 Å². The maximum atomic E-state index is 9.45. The van der Waals surface area contributed by atoms with Gasteiger partial charge in [0.1, 0.15) is 0 Å². The first-order valence-electron chi connectivity index (χ1n) is 5.70. The maximum Gasteiger partial charge on any atom is 0.174 e. The summed E-state index contributed by atoms with van der Waals surface area (Å²) in [6, 6.07) is 0. The highest BCUT2D eigenvalue weighted by molar-refractivity contribution is 5.03. The zero-order valence-corrected chi connectivity index (χ0v) is 10.7. The summed E-state index contributed by atoms with van der Waals surface area (Å²) in [6.45, 7) is 7.88. The standard InChI is InChI=1S/C13H24O3/c1-10(2)6-5-7-11(3)8-13(15)16-9-12(4)14/h6,8,12-15H,5,7,9H2,1-4H3/b11-8+. The van der Waals surface area contributed by atoms with Crippen LogP contribution in [-0.2, 0) is 4.74 Å². The van der Waals surface area contributed by atoms with E-state index in [-0.39, 0.29) is 6.61 Å². The van der Waals surface area contributed by atoms with Crippen molar-refractivity contribution in [2.24, 2.45) is 0 Å². The number of hydrogen-bond donors (Lipinski definition) is 2. The lowest BCUT2D eigenvalue weighted by Gasteiger charge is -2.10. The van der Waals surface area contributed by atoms with Gasteiger partial charge in [-0.1, -0.05) is 17.2 Å². The summed E-state index contributed by atoms with van der Waals surface area (Å²) in [7, 11) is 0. The van der Waals surface area contributed by atoms with Gasteiger partial charge >= 0.3 is 0 Å². The van der Waals surface area contributed by atoms with Crippen molar-refractivity contribution in [2.45, 2.75) is 52.9 Å². The molecule has 2 unspecified atom stereocenters. The van der Waals surface area contributed by atoms with Gasteiger partial charge in [0.05, 0.1) is 12.7 Å². The molecule has 16 heavy (non-hydrogen) atoms. The van der Waals surface area contributed by atoms with Crippen LogP contribution in [0.15, 0.2) is 23.3 Å². The Kier molecular flexibility index (Phi) is 8.16. The molecule has 0 heterocycles. The molecule has 2 atom stereocenters. The number of hydrogen-bond acceptors (Lipinski definition) is 3. The molecule has 0 aliphatic rings. The van der Waals surface area contributed by atoms with Crippen LogP contribution in [0.5, 0.6) is 0 Å². The smallest absolute Gasteiger partial charge is 0.174 e. The van der Waals surface area contributed by atoms with E-state index in [0.29, 0.717) is 0 Å². The Morgan fingerprint density at radius 3 is 2.38 bits per heavy atom. The average Bonchev–Trinajstić information content (AvgIpc) is 2.14. The topological polar surface area (TPSA) is 49.7 Å². The van der Waals surface area contributed by atoms with E-state index < -0.39 is 12.4 Å². The molecule has 0 radical (unpaired) electrons. The normalized spacial score (nSPS) is 15.8. The zero-order valence-electron chi connectivity index (χ0n) is 10.7. The predicted molar refractivity (Wildman–Crippen MR) is 66.1 cm³/mol. The number of allylic oxidation sites excluding steroid dienone is 3. The van der Waals surface area contributed by atoms with Crippen molar-refractivity contribution in [1.29, 1.82) is 0 Å². The van der Waals surface area contributed by atoms with Crippen LogP contribution in [0.1, 0.15) is 40.5 Å². The molecule has 94 valence electrons. The SMILES string of the molecule is CC(C)=CCC/C(C)=C/C(O)OCC(C)O. The molecular weight excluding hydrogens is 204 g/mol. The van der Waals surface area contributed by atoms with Gasteiger partial charge in [0.2, 0.25) is 0 Å². The fourth-order valence-electron chi connectivity index (χ4n) is 1.20. The van der Waals surface area contributed by atoms with Crippen LogP contribution < -0.4 is 0 Å². The molecule has 3 heteroatoms. The second-order valence-corrected chi connectivity index (χ2v) is 4.41. The summed E-state index contributed by atoms with van der Waals surface area (Å²) < 4.78 is 5.02. The molecule has 0 aromatic carbocycles. The Hall–Kier alpha value is -0.640. The first-order valence-corrected chi connectivity index (χ1v) is 5.70. The Bertz CT molecular complexity index is 238. The van der Waals surface area contributed by atoms with Gasteiger partial charge in [-0.25, -0.2) is 0 Å². The van der Waals surface area contributed by atoms with Crippen molar-refractivity contribution >= 4 is 0 Å². The number of rotatable bonds is 7. The van der Waals surface area contributed by atoms with Crippen molar-refractivity contribution in [2.75, 3.05) is 6.61 Å². The molecule has 0 amide bonds. The first-order chi connectivity index (χ1) is 7.41. The van der Waals surface area contributed by atoms with Gasteiger partial charge in [-0.15, -0.1) is 0 Å². The van der Waals surface area contributed by atoms with Crippen molar-refractivity contribution in [3.8, 4) is 0 Å². The summed E-state index contributed by atoms with van der Waals surface area (Å²) in [5.41, 5.74) is 2.40. The Morgan fingerprint density at radius 2 is 1.88 bits per heavy atom. The fourth-order valence-corrected chi connectivity index (χ4v) is 1.20. The maximum absolute atomic E-state index is 9.45. The van der Waals surface area contributed by atoms with Crippen molar-refractivity contribution in [1.82, 2.24) is 0 Å². The molecular formula is C13H24O3. The lowest BCUT2D eigenvalue weighted by Crippen LogP contribution is -2.17. The third kappa shape index (κ3) is 9.90. The van der Waals surface area contributed by atoms with E-state index in [2.05, 4.69) is 19.9 Å². The van der Waals surface area contributed by atoms with Crippen LogP contribution >= 0.6 is 0 Å². The van der Waals surface area contributed by atoms with Crippen LogP contribution in [-0.4, -0.2) is 29.2 Å². The van der Waals surface area contributed by atoms with Gasteiger partial charge in [-0.3, -0.25) is 0 Å². The summed E-state index contributed by atoms with van der Waals surface area (Å²) in [5.74, 6) is 0. The van der Waals surface area contributed by atoms with Crippen LogP contribution in [0.4, 0.5) is 0 Å². The van der Waals surface area contributed by atoms with Crippen LogP contribution in [0, 0.1) is 0 Å². The van der Waals surface area contributed by atoms with Gasteiger partial charge in [-0.2, -0.15) is 0 Å². The Labute approximate surface area is 98.4 Å². The second kappa shape index (κ2) is 8.50. The minimum atomic E-state index is -0.915. The summed E-state index contributed by atoms with van der Waals surface area (Å²) in [5, 5.41) is 18.4. The summed E-state index contributed by atoms with van der Waals surface area (Å²) in [6.07, 6.45) is 4.28. The average molecular weight is 228 g/mol. The molecule has 0 bridgehead atoms. The molecule has 0 rings (SSSR count). The highest BCUT2D eigenvalue weighted by atomic mass is 16.6. The quantitative estimate of drug-likeness (QED) is 0.519. The van der Waals surface area contributed by atoms with Crippen LogP contribution in [0.2, 0.25) is 0 Å².